The van der Waals surface area contributed by atoms with E-state index in [1.807, 2.05) is 24.4 Å². The molecule has 7 nitrogen and oxygen atoms in total. The van der Waals surface area contributed by atoms with Crippen molar-refractivity contribution >= 4 is 17.0 Å². The van der Waals surface area contributed by atoms with E-state index < -0.39 is 0 Å². The SMILES string of the molecule is c1ccc(-c2cnc([C@@H]3CCCN(c4ncnc5nc[nH]c45)C3)[nH]2)cc1. The number of aromatic amines is 2. The summed E-state index contributed by atoms with van der Waals surface area (Å²) in [4.78, 5) is 26.6. The standard InChI is InChI=1S/C19H19N7/c1-2-5-13(6-3-1)15-9-20-17(25-15)14-7-4-8-26(10-14)19-16-18(22-11-21-16)23-12-24-19/h1-3,5-6,9,11-12,14H,4,7-8,10H2,(H,20,25)(H,21,22,23,24)/t14-/m1/s1. The number of piperidine rings is 1. The van der Waals surface area contributed by atoms with Gasteiger partial charge in [0.25, 0.3) is 0 Å². The van der Waals surface area contributed by atoms with E-state index >= 15 is 0 Å². The van der Waals surface area contributed by atoms with Crippen molar-refractivity contribution in [3.05, 3.63) is 55.0 Å². The fraction of sp³-hybridized carbons (Fsp3) is 0.263. The number of nitrogens with one attached hydrogen (secondary N) is 2. The van der Waals surface area contributed by atoms with Crippen LogP contribution in [0.15, 0.2) is 49.2 Å². The lowest BCUT2D eigenvalue weighted by Gasteiger charge is -2.32. The predicted octanol–water partition coefficient (Wildman–Crippen LogP) is 3.13. The number of hydrogen-bond acceptors (Lipinski definition) is 5. The molecule has 0 radical (unpaired) electrons. The van der Waals surface area contributed by atoms with E-state index in [-0.39, 0.29) is 0 Å². The van der Waals surface area contributed by atoms with Crippen LogP contribution in [0.5, 0.6) is 0 Å². The number of fused-ring (bicyclic) bond motifs is 1. The first-order valence-electron chi connectivity index (χ1n) is 8.88. The van der Waals surface area contributed by atoms with Gasteiger partial charge in [-0.05, 0) is 18.4 Å². The minimum atomic E-state index is 0.356. The van der Waals surface area contributed by atoms with Gasteiger partial charge >= 0.3 is 0 Å². The molecule has 0 bridgehead atoms. The molecule has 4 heterocycles. The molecule has 0 aliphatic carbocycles. The summed E-state index contributed by atoms with van der Waals surface area (Å²) in [6, 6.07) is 10.3. The normalized spacial score (nSPS) is 17.7. The summed E-state index contributed by atoms with van der Waals surface area (Å²) in [5, 5.41) is 0. The highest BCUT2D eigenvalue weighted by Crippen LogP contribution is 2.30. The molecule has 0 amide bonds. The Labute approximate surface area is 150 Å². The molecule has 0 unspecified atom stereocenters. The van der Waals surface area contributed by atoms with Gasteiger partial charge in [-0.3, -0.25) is 0 Å². The van der Waals surface area contributed by atoms with Crippen molar-refractivity contribution in [1.82, 2.24) is 29.9 Å². The zero-order valence-corrected chi connectivity index (χ0v) is 14.3. The Balaban J connectivity index is 1.41. The Bertz CT molecular complexity index is 1020. The summed E-state index contributed by atoms with van der Waals surface area (Å²) in [5.74, 6) is 2.32. The number of nitrogens with zero attached hydrogens (tertiary/aromatic N) is 5. The van der Waals surface area contributed by atoms with Crippen LogP contribution >= 0.6 is 0 Å². The number of anilines is 1. The van der Waals surface area contributed by atoms with Gasteiger partial charge in [0, 0.05) is 19.0 Å². The second-order valence-corrected chi connectivity index (χ2v) is 6.63. The van der Waals surface area contributed by atoms with Gasteiger partial charge in [0.05, 0.1) is 18.2 Å². The number of benzene rings is 1. The quantitative estimate of drug-likeness (QED) is 0.596. The number of aromatic nitrogens is 6. The van der Waals surface area contributed by atoms with Crippen LogP contribution in [0.1, 0.15) is 24.6 Å². The zero-order valence-electron chi connectivity index (χ0n) is 14.3. The van der Waals surface area contributed by atoms with Crippen LogP contribution < -0.4 is 4.90 Å². The topological polar surface area (TPSA) is 86.4 Å². The maximum absolute atomic E-state index is 4.66. The number of rotatable bonds is 3. The van der Waals surface area contributed by atoms with Gasteiger partial charge in [-0.25, -0.2) is 19.9 Å². The van der Waals surface area contributed by atoms with Crippen molar-refractivity contribution in [1.29, 1.82) is 0 Å². The first-order valence-corrected chi connectivity index (χ1v) is 8.88. The lowest BCUT2D eigenvalue weighted by Crippen LogP contribution is -2.35. The first kappa shape index (κ1) is 15.1. The average Bonchev–Trinajstić information content (AvgIpc) is 3.38. The fourth-order valence-corrected chi connectivity index (χ4v) is 3.69. The van der Waals surface area contributed by atoms with Gasteiger partial charge in [0.2, 0.25) is 0 Å². The molecule has 26 heavy (non-hydrogen) atoms. The molecule has 2 N–H and O–H groups in total. The fourth-order valence-electron chi connectivity index (χ4n) is 3.69. The molecule has 1 aliphatic heterocycles. The Morgan fingerprint density at radius 3 is 2.88 bits per heavy atom. The van der Waals surface area contributed by atoms with Crippen LogP contribution in [0, 0.1) is 0 Å². The van der Waals surface area contributed by atoms with Gasteiger partial charge in [0.1, 0.15) is 17.7 Å². The summed E-state index contributed by atoms with van der Waals surface area (Å²) in [6.45, 7) is 1.86. The summed E-state index contributed by atoms with van der Waals surface area (Å²) in [5.41, 5.74) is 3.84. The number of hydrogen-bond donors (Lipinski definition) is 2. The van der Waals surface area contributed by atoms with E-state index in [2.05, 4.69) is 46.9 Å². The molecule has 5 rings (SSSR count). The maximum atomic E-state index is 4.66. The van der Waals surface area contributed by atoms with Gasteiger partial charge in [0.15, 0.2) is 11.5 Å². The lowest BCUT2D eigenvalue weighted by atomic mass is 9.97. The van der Waals surface area contributed by atoms with Crippen molar-refractivity contribution in [2.24, 2.45) is 0 Å². The van der Waals surface area contributed by atoms with E-state index in [1.165, 1.54) is 0 Å². The largest absolute Gasteiger partial charge is 0.354 e. The van der Waals surface area contributed by atoms with E-state index in [1.54, 1.807) is 12.7 Å². The second-order valence-electron chi connectivity index (χ2n) is 6.63. The molecule has 1 atom stereocenters. The highest BCUT2D eigenvalue weighted by Gasteiger charge is 2.26. The molecular weight excluding hydrogens is 326 g/mol. The molecule has 130 valence electrons. The Kier molecular flexibility index (Phi) is 3.62. The molecule has 1 saturated heterocycles. The van der Waals surface area contributed by atoms with E-state index in [4.69, 9.17) is 0 Å². The molecule has 1 aliphatic rings. The average molecular weight is 345 g/mol. The summed E-state index contributed by atoms with van der Waals surface area (Å²) < 4.78 is 0. The van der Waals surface area contributed by atoms with Crippen molar-refractivity contribution in [3.8, 4) is 11.3 Å². The van der Waals surface area contributed by atoms with Crippen LogP contribution in [0.2, 0.25) is 0 Å². The second kappa shape index (κ2) is 6.25. The maximum Gasteiger partial charge on any atom is 0.182 e. The zero-order chi connectivity index (χ0) is 17.3. The Morgan fingerprint density at radius 2 is 1.96 bits per heavy atom. The van der Waals surface area contributed by atoms with Crippen LogP contribution in [0.3, 0.4) is 0 Å². The highest BCUT2D eigenvalue weighted by atomic mass is 15.2. The minimum Gasteiger partial charge on any atom is -0.354 e. The van der Waals surface area contributed by atoms with Gasteiger partial charge in [-0.2, -0.15) is 0 Å². The van der Waals surface area contributed by atoms with Crippen molar-refractivity contribution in [2.75, 3.05) is 18.0 Å². The monoisotopic (exact) mass is 345 g/mol. The Morgan fingerprint density at radius 1 is 1.04 bits per heavy atom. The van der Waals surface area contributed by atoms with Crippen molar-refractivity contribution in [2.45, 2.75) is 18.8 Å². The molecule has 7 heteroatoms. The molecule has 0 spiro atoms. The molecule has 1 aromatic carbocycles. The number of H-pyrrole nitrogens is 2. The van der Waals surface area contributed by atoms with Crippen molar-refractivity contribution < 1.29 is 0 Å². The summed E-state index contributed by atoms with van der Waals surface area (Å²) in [7, 11) is 0. The highest BCUT2D eigenvalue weighted by molar-refractivity contribution is 5.82. The van der Waals surface area contributed by atoms with Gasteiger partial charge < -0.3 is 14.9 Å². The minimum absolute atomic E-state index is 0.356. The van der Waals surface area contributed by atoms with Crippen LogP contribution in [-0.4, -0.2) is 43.0 Å². The van der Waals surface area contributed by atoms with Crippen molar-refractivity contribution in [3.63, 3.8) is 0 Å². The van der Waals surface area contributed by atoms with Crippen LogP contribution in [0.4, 0.5) is 5.82 Å². The first-order chi connectivity index (χ1) is 12.9. The van der Waals surface area contributed by atoms with Gasteiger partial charge in [-0.1, -0.05) is 30.3 Å². The molecular formula is C19H19N7. The van der Waals surface area contributed by atoms with Crippen LogP contribution in [-0.2, 0) is 0 Å². The Hall–Kier alpha value is -3.22. The van der Waals surface area contributed by atoms with Gasteiger partial charge in [-0.15, -0.1) is 0 Å². The van der Waals surface area contributed by atoms with E-state index in [9.17, 15) is 0 Å². The van der Waals surface area contributed by atoms with Crippen LogP contribution in [0.25, 0.3) is 22.4 Å². The summed E-state index contributed by atoms with van der Waals surface area (Å²) in [6.07, 6.45) is 7.41. The molecule has 0 saturated carbocycles. The molecule has 1 fully saturated rings. The third kappa shape index (κ3) is 2.61. The number of imidazole rings is 2. The molecule has 3 aromatic heterocycles. The molecule has 4 aromatic rings. The lowest BCUT2D eigenvalue weighted by molar-refractivity contribution is 0.492. The predicted molar refractivity (Wildman–Crippen MR) is 99.9 cm³/mol. The third-order valence-corrected chi connectivity index (χ3v) is 4.99. The van der Waals surface area contributed by atoms with E-state index in [0.717, 1.165) is 54.3 Å². The summed E-state index contributed by atoms with van der Waals surface area (Å²) >= 11 is 0. The third-order valence-electron chi connectivity index (χ3n) is 4.99. The van der Waals surface area contributed by atoms with E-state index in [0.29, 0.717) is 11.6 Å². The smallest absolute Gasteiger partial charge is 0.182 e.